The Balaban J connectivity index is 1.40. The minimum absolute atomic E-state index is 0.0922. The number of nitrogens with one attached hydrogen (secondary N) is 2. The number of hydrogen-bond acceptors (Lipinski definition) is 5. The molecule has 0 aliphatic carbocycles. The van der Waals surface area contributed by atoms with Crippen LogP contribution in [0.2, 0.25) is 0 Å². The first-order valence-electron chi connectivity index (χ1n) is 10.5. The van der Waals surface area contributed by atoms with Gasteiger partial charge in [-0.05, 0) is 48.9 Å². The minimum Gasteiger partial charge on any atom is -0.489 e. The van der Waals surface area contributed by atoms with Crippen LogP contribution < -0.4 is 15.4 Å². The summed E-state index contributed by atoms with van der Waals surface area (Å²) in [5, 5.41) is 15.6. The van der Waals surface area contributed by atoms with E-state index in [1.807, 2.05) is 83.4 Å². The van der Waals surface area contributed by atoms with Crippen molar-refractivity contribution in [2.75, 3.05) is 17.2 Å². The Bertz CT molecular complexity index is 1170. The summed E-state index contributed by atoms with van der Waals surface area (Å²) in [5.41, 5.74) is 3.41. The Hall–Kier alpha value is -3.84. The quantitative estimate of drug-likeness (QED) is 0.373. The second-order valence-electron chi connectivity index (χ2n) is 7.59. The van der Waals surface area contributed by atoms with Crippen molar-refractivity contribution in [3.8, 4) is 5.75 Å². The molecule has 4 aromatic rings. The van der Waals surface area contributed by atoms with E-state index in [-0.39, 0.29) is 12.5 Å². The summed E-state index contributed by atoms with van der Waals surface area (Å²) in [4.78, 5) is 17.3. The molecule has 0 bridgehead atoms. The fraction of sp³-hybridized carbons (Fsp3) is 0.200. The number of aliphatic hydroxyl groups excluding tert-OH is 1. The molecule has 7 nitrogen and oxygen atoms in total. The summed E-state index contributed by atoms with van der Waals surface area (Å²) in [5.74, 6) is 1.11. The first-order valence-corrected chi connectivity index (χ1v) is 10.5. The highest BCUT2D eigenvalue weighted by Crippen LogP contribution is 2.21. The van der Waals surface area contributed by atoms with Gasteiger partial charge in [-0.3, -0.25) is 4.79 Å². The lowest BCUT2D eigenvalue weighted by Gasteiger charge is -2.12. The van der Waals surface area contributed by atoms with Gasteiger partial charge in [-0.15, -0.1) is 0 Å². The number of rotatable bonds is 9. The van der Waals surface area contributed by atoms with Crippen molar-refractivity contribution >= 4 is 28.6 Å². The van der Waals surface area contributed by atoms with Gasteiger partial charge in [0.25, 0.3) is 0 Å². The topological polar surface area (TPSA) is 88.4 Å². The van der Waals surface area contributed by atoms with Crippen LogP contribution in [0.4, 0.5) is 11.6 Å². The number of aliphatic hydroxyl groups is 1. The predicted octanol–water partition coefficient (Wildman–Crippen LogP) is 4.05. The van der Waals surface area contributed by atoms with Crippen LogP contribution in [-0.4, -0.2) is 33.2 Å². The van der Waals surface area contributed by atoms with Crippen LogP contribution in [0.5, 0.6) is 5.75 Å². The van der Waals surface area contributed by atoms with E-state index in [0.29, 0.717) is 24.8 Å². The summed E-state index contributed by atoms with van der Waals surface area (Å²) in [7, 11) is 0. The molecule has 0 saturated carbocycles. The molecule has 3 N–H and O–H groups in total. The molecular formula is C25H26N4O3. The molecular weight excluding hydrogens is 404 g/mol. The lowest BCUT2D eigenvalue weighted by Crippen LogP contribution is -2.22. The lowest BCUT2D eigenvalue weighted by molar-refractivity contribution is -0.116. The van der Waals surface area contributed by atoms with Crippen molar-refractivity contribution < 1.29 is 14.6 Å². The molecule has 3 aromatic carbocycles. The molecule has 4 rings (SSSR count). The number of anilines is 2. The normalized spacial score (nSPS) is 11.8. The second kappa shape index (κ2) is 9.98. The number of aromatic nitrogens is 2. The van der Waals surface area contributed by atoms with E-state index < -0.39 is 6.10 Å². The fourth-order valence-electron chi connectivity index (χ4n) is 3.33. The van der Waals surface area contributed by atoms with Gasteiger partial charge in [-0.2, -0.15) is 0 Å². The van der Waals surface area contributed by atoms with E-state index in [4.69, 9.17) is 4.74 Å². The third-order valence-electron chi connectivity index (χ3n) is 4.90. The average Bonchev–Trinajstić information content (AvgIpc) is 3.15. The number of nitrogens with zero attached hydrogens (tertiary/aromatic N) is 2. The summed E-state index contributed by atoms with van der Waals surface area (Å²) in [6.07, 6.45) is -0.528. The zero-order valence-electron chi connectivity index (χ0n) is 17.9. The van der Waals surface area contributed by atoms with Crippen molar-refractivity contribution in [3.05, 3.63) is 84.4 Å². The summed E-state index contributed by atoms with van der Waals surface area (Å²) in [6.45, 7) is 2.62. The number of hydrogen-bond donors (Lipinski definition) is 3. The highest BCUT2D eigenvalue weighted by Gasteiger charge is 2.14. The molecule has 1 atom stereocenters. The fourth-order valence-corrected chi connectivity index (χ4v) is 3.33. The standard InChI is InChI=1S/C25H26N4O3/c1-18(30)15-26-25-28-22-9-5-6-10-23(22)29(25)16-24(31)27-20-11-13-21(14-12-20)32-17-19-7-3-2-4-8-19/h2-14,18,30H,15-17H2,1H3,(H,26,28)(H,27,31)/t18-/m1/s1. The SMILES string of the molecule is C[C@@H](O)CNc1nc2ccccc2n1CC(=O)Nc1ccc(OCc2ccccc2)cc1. The van der Waals surface area contributed by atoms with Crippen molar-refractivity contribution in [1.29, 1.82) is 0 Å². The van der Waals surface area contributed by atoms with E-state index in [1.54, 1.807) is 6.92 Å². The Morgan fingerprint density at radius 3 is 2.50 bits per heavy atom. The van der Waals surface area contributed by atoms with Gasteiger partial charge < -0.3 is 25.0 Å². The zero-order chi connectivity index (χ0) is 22.3. The number of amides is 1. The van der Waals surface area contributed by atoms with Gasteiger partial charge in [0.1, 0.15) is 18.9 Å². The number of fused-ring (bicyclic) bond motifs is 1. The van der Waals surface area contributed by atoms with E-state index in [2.05, 4.69) is 15.6 Å². The average molecular weight is 431 g/mol. The predicted molar refractivity (Wildman–Crippen MR) is 126 cm³/mol. The number of para-hydroxylation sites is 2. The zero-order valence-corrected chi connectivity index (χ0v) is 17.9. The molecule has 1 amide bonds. The second-order valence-corrected chi connectivity index (χ2v) is 7.59. The van der Waals surface area contributed by atoms with Crippen LogP contribution in [0, 0.1) is 0 Å². The van der Waals surface area contributed by atoms with Gasteiger partial charge in [0.2, 0.25) is 11.9 Å². The molecule has 0 aliphatic rings. The maximum Gasteiger partial charge on any atom is 0.244 e. The van der Waals surface area contributed by atoms with Crippen LogP contribution >= 0.6 is 0 Å². The molecule has 164 valence electrons. The Morgan fingerprint density at radius 1 is 1.03 bits per heavy atom. The number of imidazole rings is 1. The monoisotopic (exact) mass is 430 g/mol. The number of carbonyl (C=O) groups is 1. The van der Waals surface area contributed by atoms with Gasteiger partial charge >= 0.3 is 0 Å². The summed E-state index contributed by atoms with van der Waals surface area (Å²) >= 11 is 0. The van der Waals surface area contributed by atoms with Crippen molar-refractivity contribution in [2.45, 2.75) is 26.2 Å². The maximum atomic E-state index is 12.7. The molecule has 0 aliphatic heterocycles. The lowest BCUT2D eigenvalue weighted by atomic mass is 10.2. The summed E-state index contributed by atoms with van der Waals surface area (Å²) in [6, 6.07) is 24.9. The van der Waals surface area contributed by atoms with E-state index >= 15 is 0 Å². The van der Waals surface area contributed by atoms with Crippen LogP contribution in [-0.2, 0) is 17.9 Å². The maximum absolute atomic E-state index is 12.7. The van der Waals surface area contributed by atoms with Gasteiger partial charge in [-0.1, -0.05) is 42.5 Å². The van der Waals surface area contributed by atoms with E-state index in [0.717, 1.165) is 22.3 Å². The molecule has 1 heterocycles. The van der Waals surface area contributed by atoms with E-state index in [9.17, 15) is 9.90 Å². The van der Waals surface area contributed by atoms with Gasteiger partial charge in [0.05, 0.1) is 17.1 Å². The van der Waals surface area contributed by atoms with Gasteiger partial charge in [0.15, 0.2) is 0 Å². The third-order valence-corrected chi connectivity index (χ3v) is 4.90. The Labute approximate surface area is 186 Å². The Kier molecular flexibility index (Phi) is 6.67. The van der Waals surface area contributed by atoms with Crippen LogP contribution in [0.25, 0.3) is 11.0 Å². The summed E-state index contributed by atoms with van der Waals surface area (Å²) < 4.78 is 7.60. The number of benzene rings is 3. The van der Waals surface area contributed by atoms with Crippen LogP contribution in [0.15, 0.2) is 78.9 Å². The number of ether oxygens (including phenoxy) is 1. The molecule has 0 radical (unpaired) electrons. The Morgan fingerprint density at radius 2 is 1.75 bits per heavy atom. The largest absolute Gasteiger partial charge is 0.489 e. The molecule has 0 fully saturated rings. The number of carbonyl (C=O) groups excluding carboxylic acids is 1. The molecule has 0 saturated heterocycles. The van der Waals surface area contributed by atoms with Crippen LogP contribution in [0.3, 0.4) is 0 Å². The molecule has 32 heavy (non-hydrogen) atoms. The van der Waals surface area contributed by atoms with Crippen molar-refractivity contribution in [1.82, 2.24) is 9.55 Å². The highest BCUT2D eigenvalue weighted by atomic mass is 16.5. The molecule has 1 aromatic heterocycles. The molecule has 0 spiro atoms. The first-order chi connectivity index (χ1) is 15.6. The smallest absolute Gasteiger partial charge is 0.244 e. The van der Waals surface area contributed by atoms with Crippen LogP contribution in [0.1, 0.15) is 12.5 Å². The first kappa shape index (κ1) is 21.4. The van der Waals surface area contributed by atoms with Gasteiger partial charge in [0, 0.05) is 12.2 Å². The highest BCUT2D eigenvalue weighted by molar-refractivity contribution is 5.92. The van der Waals surface area contributed by atoms with Crippen molar-refractivity contribution in [2.24, 2.45) is 0 Å². The molecule has 0 unspecified atom stereocenters. The van der Waals surface area contributed by atoms with Crippen molar-refractivity contribution in [3.63, 3.8) is 0 Å². The van der Waals surface area contributed by atoms with E-state index in [1.165, 1.54) is 0 Å². The third kappa shape index (κ3) is 5.44. The molecule has 7 heteroatoms. The van der Waals surface area contributed by atoms with Gasteiger partial charge in [-0.25, -0.2) is 4.98 Å². The minimum atomic E-state index is -0.528.